The van der Waals surface area contributed by atoms with E-state index in [1.54, 1.807) is 6.08 Å². The van der Waals surface area contributed by atoms with E-state index >= 15 is 0 Å². The molecule has 1 N–H and O–H groups in total. The van der Waals surface area contributed by atoms with Crippen LogP contribution in [0.5, 0.6) is 0 Å². The van der Waals surface area contributed by atoms with Crippen LogP contribution in [-0.2, 0) is 14.3 Å². The van der Waals surface area contributed by atoms with Crippen molar-refractivity contribution in [2.45, 2.75) is 98.6 Å². The first-order chi connectivity index (χ1) is 16.4. The summed E-state index contributed by atoms with van der Waals surface area (Å²) in [5.41, 5.74) is 2.26. The van der Waals surface area contributed by atoms with Crippen molar-refractivity contribution in [3.63, 3.8) is 0 Å². The quantitative estimate of drug-likeness (QED) is 0.401. The molecule has 9 unspecified atom stereocenters. The molecule has 0 saturated heterocycles. The highest BCUT2D eigenvalue weighted by Gasteiger charge is 2.62. The molecule has 35 heavy (non-hydrogen) atoms. The summed E-state index contributed by atoms with van der Waals surface area (Å²) >= 11 is 0. The molecule has 0 bridgehead atoms. The van der Waals surface area contributed by atoms with E-state index in [0.717, 1.165) is 41.9 Å². The second-order valence-corrected chi connectivity index (χ2v) is 13.1. The van der Waals surface area contributed by atoms with E-state index in [9.17, 15) is 9.59 Å². The van der Waals surface area contributed by atoms with Gasteiger partial charge in [-0.1, -0.05) is 25.5 Å². The van der Waals surface area contributed by atoms with Gasteiger partial charge < -0.3 is 15.0 Å². The van der Waals surface area contributed by atoms with E-state index in [2.05, 4.69) is 51.2 Å². The average molecular weight is 485 g/mol. The third-order valence-electron chi connectivity index (χ3n) is 10.8. The zero-order valence-corrected chi connectivity index (χ0v) is 23.3. The maximum absolute atomic E-state index is 12.5. The number of esters is 1. The molecule has 4 aliphatic carbocycles. The topological polar surface area (TPSA) is 58.6 Å². The van der Waals surface area contributed by atoms with Gasteiger partial charge in [0, 0.05) is 25.0 Å². The number of nitrogens with zero attached hydrogens (tertiary/aromatic N) is 1. The molecule has 3 fully saturated rings. The first-order valence-electron chi connectivity index (χ1n) is 13.9. The lowest BCUT2D eigenvalue weighted by Crippen LogP contribution is -2.57. The molecule has 4 rings (SSSR count). The molecule has 3 saturated carbocycles. The molecule has 0 aromatic heterocycles. The van der Waals surface area contributed by atoms with E-state index in [1.165, 1.54) is 39.0 Å². The third kappa shape index (κ3) is 4.63. The van der Waals surface area contributed by atoms with Crippen molar-refractivity contribution in [3.05, 3.63) is 23.4 Å². The number of allylic oxidation sites excluding steroid dienone is 2. The first kappa shape index (κ1) is 26.4. The highest BCUT2D eigenvalue weighted by Crippen LogP contribution is 2.67. The molecule has 0 spiro atoms. The van der Waals surface area contributed by atoms with Crippen molar-refractivity contribution < 1.29 is 14.3 Å². The Morgan fingerprint density at radius 2 is 1.69 bits per heavy atom. The van der Waals surface area contributed by atoms with E-state index < -0.39 is 0 Å². The van der Waals surface area contributed by atoms with Crippen LogP contribution in [0.4, 0.5) is 0 Å². The molecule has 0 aromatic rings. The second-order valence-electron chi connectivity index (χ2n) is 13.1. The molecule has 0 aromatic carbocycles. The number of ether oxygens (including phenoxy) is 1. The molecular formula is C30H48N2O3. The molecule has 196 valence electrons. The monoisotopic (exact) mass is 484 g/mol. The smallest absolute Gasteiger partial charge is 0.303 e. The third-order valence-corrected chi connectivity index (χ3v) is 10.8. The maximum Gasteiger partial charge on any atom is 0.303 e. The summed E-state index contributed by atoms with van der Waals surface area (Å²) in [5, 5.41) is 3.06. The Kier molecular flexibility index (Phi) is 7.32. The van der Waals surface area contributed by atoms with Gasteiger partial charge >= 0.3 is 5.97 Å². The van der Waals surface area contributed by atoms with Gasteiger partial charge in [0.15, 0.2) is 0 Å². The van der Waals surface area contributed by atoms with Gasteiger partial charge in [-0.2, -0.15) is 0 Å². The summed E-state index contributed by atoms with van der Waals surface area (Å²) in [5.74, 6) is 2.82. The Bertz CT molecular complexity index is 903. The predicted octanol–water partition coefficient (Wildman–Crippen LogP) is 5.71. The van der Waals surface area contributed by atoms with Crippen molar-refractivity contribution >= 4 is 11.9 Å². The fourth-order valence-corrected chi connectivity index (χ4v) is 9.03. The number of rotatable bonds is 5. The van der Waals surface area contributed by atoms with Gasteiger partial charge in [-0.25, -0.2) is 0 Å². The molecule has 1 amide bonds. The Balaban J connectivity index is 1.61. The lowest BCUT2D eigenvalue weighted by molar-refractivity contribution is -0.162. The largest absolute Gasteiger partial charge is 0.456 e. The standard InChI is InChI=1S/C30H48N2O3/c1-18(2)17-27(34)31-26-14-16-30(6)24-13-15-29(5)22(19(3)32(7)8)11-12-23(29)21(24)9-10-25(30)28(26)35-20(4)33/h14,17,19,21-25,28H,9-13,15-16H2,1-8H3,(H,31,34). The lowest BCUT2D eigenvalue weighted by atomic mass is 9.44. The number of nitrogens with one attached hydrogen (secondary N) is 1. The van der Waals surface area contributed by atoms with Crippen LogP contribution < -0.4 is 5.32 Å². The van der Waals surface area contributed by atoms with E-state index in [-0.39, 0.29) is 29.3 Å². The number of carbonyl (C=O) groups excluding carboxylic acids is 2. The minimum atomic E-state index is -0.361. The Hall–Kier alpha value is -1.62. The van der Waals surface area contributed by atoms with Crippen molar-refractivity contribution in [3.8, 4) is 0 Å². The van der Waals surface area contributed by atoms with Crippen LogP contribution in [0.2, 0.25) is 0 Å². The summed E-state index contributed by atoms with van der Waals surface area (Å²) < 4.78 is 5.96. The Morgan fingerprint density at radius 1 is 1.03 bits per heavy atom. The van der Waals surface area contributed by atoms with Crippen molar-refractivity contribution in [2.24, 2.45) is 40.4 Å². The minimum Gasteiger partial charge on any atom is -0.456 e. The van der Waals surface area contributed by atoms with Crippen molar-refractivity contribution in [1.82, 2.24) is 10.2 Å². The second kappa shape index (κ2) is 9.68. The molecule has 0 radical (unpaired) electrons. The molecule has 0 aliphatic heterocycles. The van der Waals surface area contributed by atoms with Crippen LogP contribution >= 0.6 is 0 Å². The summed E-state index contributed by atoms with van der Waals surface area (Å²) in [6, 6.07) is 0.617. The minimum absolute atomic E-state index is 0.0976. The van der Waals surface area contributed by atoms with Crippen LogP contribution in [0.15, 0.2) is 23.4 Å². The van der Waals surface area contributed by atoms with E-state index in [4.69, 9.17) is 4.74 Å². The Morgan fingerprint density at radius 3 is 2.31 bits per heavy atom. The van der Waals surface area contributed by atoms with Crippen LogP contribution in [0.25, 0.3) is 0 Å². The highest BCUT2D eigenvalue weighted by molar-refractivity contribution is 5.89. The Labute approximate surface area is 213 Å². The van der Waals surface area contributed by atoms with Gasteiger partial charge in [-0.15, -0.1) is 0 Å². The van der Waals surface area contributed by atoms with Crippen LogP contribution in [0, 0.1) is 40.4 Å². The molecule has 4 aliphatic rings. The summed E-state index contributed by atoms with van der Waals surface area (Å²) in [7, 11) is 4.47. The number of carbonyl (C=O) groups is 2. The number of fused-ring (bicyclic) bond motifs is 5. The summed E-state index contributed by atoms with van der Waals surface area (Å²) in [6.07, 6.45) is 11.9. The predicted molar refractivity (Wildman–Crippen MR) is 140 cm³/mol. The zero-order valence-electron chi connectivity index (χ0n) is 23.3. The maximum atomic E-state index is 12.5. The summed E-state index contributed by atoms with van der Waals surface area (Å²) in [4.78, 5) is 27.1. The number of hydrogen-bond donors (Lipinski definition) is 1. The van der Waals surface area contributed by atoms with Gasteiger partial charge in [0.25, 0.3) is 0 Å². The van der Waals surface area contributed by atoms with Crippen LogP contribution in [0.3, 0.4) is 0 Å². The molecule has 0 heterocycles. The number of amides is 1. The van der Waals surface area contributed by atoms with Crippen molar-refractivity contribution in [1.29, 1.82) is 0 Å². The molecular weight excluding hydrogens is 436 g/mol. The van der Waals surface area contributed by atoms with Gasteiger partial charge in [0.05, 0.1) is 5.70 Å². The van der Waals surface area contributed by atoms with Gasteiger partial charge in [-0.3, -0.25) is 9.59 Å². The van der Waals surface area contributed by atoms with E-state index in [0.29, 0.717) is 17.4 Å². The molecule has 5 heteroatoms. The zero-order chi connectivity index (χ0) is 25.7. The van der Waals surface area contributed by atoms with Crippen molar-refractivity contribution in [2.75, 3.05) is 14.1 Å². The molecule has 5 nitrogen and oxygen atoms in total. The number of hydrogen-bond acceptors (Lipinski definition) is 4. The van der Waals surface area contributed by atoms with Crippen LogP contribution in [-0.4, -0.2) is 43.0 Å². The van der Waals surface area contributed by atoms with E-state index in [1.807, 2.05) is 13.8 Å². The SMILES string of the molecule is CC(=O)OC1C(NC(=O)C=C(C)C)=CCC2(C)C1CCC1C2CCC2(C)C1CCC2C(C)N(C)C. The first-order valence-corrected chi connectivity index (χ1v) is 13.9. The van der Waals surface area contributed by atoms with Gasteiger partial charge in [-0.05, 0) is 114 Å². The molecule has 9 atom stereocenters. The lowest BCUT2D eigenvalue weighted by Gasteiger charge is -2.61. The van der Waals surface area contributed by atoms with Crippen LogP contribution in [0.1, 0.15) is 86.5 Å². The van der Waals surface area contributed by atoms with Gasteiger partial charge in [0.1, 0.15) is 6.10 Å². The summed E-state index contributed by atoms with van der Waals surface area (Å²) in [6.45, 7) is 12.8. The average Bonchev–Trinajstić information content (AvgIpc) is 3.11. The fraction of sp³-hybridized carbons (Fsp3) is 0.800. The fourth-order valence-electron chi connectivity index (χ4n) is 9.03. The normalized spacial score (nSPS) is 41.1. The van der Waals surface area contributed by atoms with Gasteiger partial charge in [0.2, 0.25) is 5.91 Å². The highest BCUT2D eigenvalue weighted by atomic mass is 16.5.